The molecule has 0 N–H and O–H groups in total. The van der Waals surface area contributed by atoms with Crippen molar-refractivity contribution in [2.75, 3.05) is 0 Å². The molecule has 41 heavy (non-hydrogen) atoms. The lowest BCUT2D eigenvalue weighted by Crippen LogP contribution is -2.32. The molecule has 7 unspecified atom stereocenters. The molecule has 2 heteroatoms. The van der Waals surface area contributed by atoms with E-state index in [2.05, 4.69) is 110 Å². The Bertz CT molecular complexity index is 1360. The molecule has 4 bridgehead atoms. The maximum Gasteiger partial charge on any atom is 0.00923 e. The molecule has 3 aromatic carbocycles. The van der Waals surface area contributed by atoms with Crippen molar-refractivity contribution in [3.05, 3.63) is 109 Å². The molecule has 0 radical (unpaired) electrons. The highest BCUT2D eigenvalue weighted by Crippen LogP contribution is 2.70. The fraction of sp³-hybridized carbons (Fsp3) is 0.436. The predicted octanol–water partition coefficient (Wildman–Crippen LogP) is 9.26. The summed E-state index contributed by atoms with van der Waals surface area (Å²) in [4.78, 5) is 0. The predicted molar refractivity (Wildman–Crippen MR) is 181 cm³/mol. The first-order chi connectivity index (χ1) is 20.2. The van der Waals surface area contributed by atoms with Crippen LogP contribution in [0.5, 0.6) is 0 Å². The van der Waals surface area contributed by atoms with Gasteiger partial charge in [-0.1, -0.05) is 131 Å². The van der Waals surface area contributed by atoms with Crippen LogP contribution in [-0.2, 0) is 0 Å². The van der Waals surface area contributed by atoms with E-state index in [1.54, 1.807) is 31.3 Å². The molecule has 0 aliphatic heterocycles. The van der Waals surface area contributed by atoms with E-state index in [0.717, 1.165) is 40.6 Å². The second-order valence-electron chi connectivity index (χ2n) is 13.7. The normalized spacial score (nSPS) is 33.0. The van der Waals surface area contributed by atoms with E-state index >= 15 is 0 Å². The monoisotopic (exact) mass is 574 g/mol. The summed E-state index contributed by atoms with van der Waals surface area (Å²) in [6.45, 7) is 2.71. The van der Waals surface area contributed by atoms with Crippen molar-refractivity contribution in [1.29, 1.82) is 0 Å². The minimum absolute atomic E-state index is 0.0190. The van der Waals surface area contributed by atoms with E-state index in [4.69, 9.17) is 0 Å². The van der Waals surface area contributed by atoms with E-state index in [9.17, 15) is 0 Å². The number of rotatable bonds is 8. The van der Waals surface area contributed by atoms with Gasteiger partial charge in [-0.25, -0.2) is 0 Å². The Hall–Kier alpha value is -2.00. The molecule has 0 saturated heterocycles. The van der Waals surface area contributed by atoms with Gasteiger partial charge in [0.2, 0.25) is 0 Å². The number of benzene rings is 3. The average molecular weight is 575 g/mol. The van der Waals surface area contributed by atoms with Crippen molar-refractivity contribution in [2.24, 2.45) is 29.6 Å². The summed E-state index contributed by atoms with van der Waals surface area (Å²) >= 11 is 0. The van der Waals surface area contributed by atoms with E-state index < -0.39 is 7.92 Å². The Kier molecular flexibility index (Phi) is 7.30. The van der Waals surface area contributed by atoms with Crippen LogP contribution in [0.1, 0.15) is 63.9 Å². The van der Waals surface area contributed by atoms with Crippen molar-refractivity contribution in [3.63, 3.8) is 0 Å². The van der Waals surface area contributed by atoms with E-state index in [-0.39, 0.29) is 7.92 Å². The van der Waals surface area contributed by atoms with Crippen LogP contribution in [0, 0.1) is 29.6 Å². The topological polar surface area (TPSA) is 0 Å². The van der Waals surface area contributed by atoms with Crippen molar-refractivity contribution in [3.8, 4) is 0 Å². The Labute approximate surface area is 250 Å². The Morgan fingerprint density at radius 2 is 1.20 bits per heavy atom. The first kappa shape index (κ1) is 26.6. The van der Waals surface area contributed by atoms with Gasteiger partial charge in [0, 0.05) is 5.92 Å². The van der Waals surface area contributed by atoms with Gasteiger partial charge in [0.15, 0.2) is 0 Å². The molecule has 4 fully saturated rings. The summed E-state index contributed by atoms with van der Waals surface area (Å²) in [5, 5.41) is 4.42. The van der Waals surface area contributed by atoms with Gasteiger partial charge in [-0.2, -0.15) is 0 Å². The van der Waals surface area contributed by atoms with E-state index in [1.807, 2.05) is 0 Å². The maximum atomic E-state index is 2.71. The third-order valence-corrected chi connectivity index (χ3v) is 18.2. The van der Waals surface area contributed by atoms with Gasteiger partial charge in [0.1, 0.15) is 0 Å². The van der Waals surface area contributed by atoms with Gasteiger partial charge in [-0.3, -0.25) is 0 Å². The Morgan fingerprint density at radius 1 is 0.634 bits per heavy atom. The molecule has 9 atom stereocenters. The standard InChI is InChI=1S/C39H44P2/c1-27(40(38-25-28-19-21-30(38)23-28)39-26-29-20-22-31(39)24-29)34-16-10-17-35(34)36-15-8-9-18-37(36)41(32-11-4-2-5-12-32)33-13-6-3-7-14-33/h2-18,27-31,34,38-39H,19-26H2,1H3/t27-,28?,29?,30+,31?,34?,38?,39?,40?/m0/s1. The smallest absolute Gasteiger partial charge is 0.00923 e. The molecule has 0 heterocycles. The van der Waals surface area contributed by atoms with Gasteiger partial charge in [-0.05, 0) is 114 Å². The highest BCUT2D eigenvalue weighted by Gasteiger charge is 2.52. The lowest BCUT2D eigenvalue weighted by Gasteiger charge is -2.44. The van der Waals surface area contributed by atoms with Crippen LogP contribution in [0.4, 0.5) is 0 Å². The zero-order valence-corrected chi connectivity index (χ0v) is 26.3. The van der Waals surface area contributed by atoms with E-state index in [0.29, 0.717) is 5.92 Å². The third-order valence-electron chi connectivity index (χ3n) is 11.6. The van der Waals surface area contributed by atoms with Crippen molar-refractivity contribution in [2.45, 2.75) is 75.3 Å². The van der Waals surface area contributed by atoms with Crippen LogP contribution >= 0.6 is 15.8 Å². The summed E-state index contributed by atoms with van der Waals surface area (Å²) in [7, 11) is -0.606. The maximum absolute atomic E-state index is 2.71. The lowest BCUT2D eigenvalue weighted by atomic mass is 9.93. The zero-order chi connectivity index (χ0) is 27.3. The molecule has 210 valence electrons. The highest BCUT2D eigenvalue weighted by atomic mass is 31.1. The van der Waals surface area contributed by atoms with Gasteiger partial charge in [0.05, 0.1) is 0 Å². The highest BCUT2D eigenvalue weighted by molar-refractivity contribution is 7.80. The number of allylic oxidation sites excluding steroid dienone is 4. The number of hydrogen-bond acceptors (Lipinski definition) is 0. The van der Waals surface area contributed by atoms with Crippen molar-refractivity contribution in [1.82, 2.24) is 0 Å². The SMILES string of the molecule is C[C@@H](C1C=CC=C1c1ccccc1P(c1ccccc1)c1ccccc1)P(C1CC2CCC1C2)C1CC2CC[C@@H]1C2. The van der Waals surface area contributed by atoms with Crippen LogP contribution in [0.3, 0.4) is 0 Å². The Balaban J connectivity index is 1.17. The van der Waals surface area contributed by atoms with E-state index in [1.165, 1.54) is 47.2 Å². The molecular weight excluding hydrogens is 530 g/mol. The number of fused-ring (bicyclic) bond motifs is 4. The Morgan fingerprint density at radius 3 is 1.73 bits per heavy atom. The largest absolute Gasteiger partial charge is 0.0959 e. The van der Waals surface area contributed by atoms with Crippen LogP contribution in [0.2, 0.25) is 0 Å². The molecule has 4 saturated carbocycles. The second kappa shape index (κ2) is 11.3. The van der Waals surface area contributed by atoms with Gasteiger partial charge >= 0.3 is 0 Å². The fourth-order valence-electron chi connectivity index (χ4n) is 9.87. The molecule has 5 aliphatic carbocycles. The minimum Gasteiger partial charge on any atom is -0.0959 e. The molecule has 8 rings (SSSR count). The molecule has 0 amide bonds. The van der Waals surface area contributed by atoms with Crippen molar-refractivity contribution < 1.29 is 0 Å². The van der Waals surface area contributed by atoms with Gasteiger partial charge in [0.25, 0.3) is 0 Å². The molecule has 0 aromatic heterocycles. The molecule has 3 aromatic rings. The van der Waals surface area contributed by atoms with Crippen molar-refractivity contribution >= 4 is 37.3 Å². The molecule has 0 nitrogen and oxygen atoms in total. The van der Waals surface area contributed by atoms with Crippen LogP contribution in [0.25, 0.3) is 5.57 Å². The first-order valence-electron chi connectivity index (χ1n) is 16.4. The summed E-state index contributed by atoms with van der Waals surface area (Å²) in [6, 6.07) is 32.0. The summed E-state index contributed by atoms with van der Waals surface area (Å²) in [5.41, 5.74) is 5.96. The van der Waals surface area contributed by atoms with Gasteiger partial charge in [-0.15, -0.1) is 0 Å². The first-order valence-corrected chi connectivity index (χ1v) is 19.3. The summed E-state index contributed by atoms with van der Waals surface area (Å²) in [5.74, 6) is 4.75. The molecule has 0 spiro atoms. The van der Waals surface area contributed by atoms with Gasteiger partial charge < -0.3 is 0 Å². The molecule has 5 aliphatic rings. The van der Waals surface area contributed by atoms with Crippen LogP contribution in [0.15, 0.2) is 103 Å². The fourth-order valence-corrected chi connectivity index (χ4v) is 17.3. The lowest BCUT2D eigenvalue weighted by molar-refractivity contribution is 0.456. The molecular formula is C39H44P2. The third kappa shape index (κ3) is 4.83. The van der Waals surface area contributed by atoms with Crippen LogP contribution in [-0.4, -0.2) is 17.0 Å². The van der Waals surface area contributed by atoms with Crippen LogP contribution < -0.4 is 15.9 Å². The quantitative estimate of drug-likeness (QED) is 0.235. The average Bonchev–Trinajstić information content (AvgIpc) is 3.86. The second-order valence-corrected chi connectivity index (χ2v) is 18.9. The summed E-state index contributed by atoms with van der Waals surface area (Å²) in [6.07, 6.45) is 19.9. The zero-order valence-electron chi connectivity index (χ0n) is 24.5. The number of hydrogen-bond donors (Lipinski definition) is 0. The minimum atomic E-state index is -0.625. The summed E-state index contributed by atoms with van der Waals surface area (Å²) < 4.78 is 0.